The van der Waals surface area contributed by atoms with Crippen LogP contribution in [0.2, 0.25) is 0 Å². The van der Waals surface area contributed by atoms with E-state index in [-0.39, 0.29) is 0 Å². The average Bonchev–Trinajstić information content (AvgIpc) is 2.62. The van der Waals surface area contributed by atoms with Crippen molar-refractivity contribution in [3.8, 4) is 0 Å². The molecular weight excluding hydrogens is 240 g/mol. The molecule has 0 saturated heterocycles. The van der Waals surface area contributed by atoms with Crippen LogP contribution in [0.4, 0.5) is 11.5 Å². The van der Waals surface area contributed by atoms with E-state index in [1.807, 2.05) is 14.0 Å². The molecule has 0 radical (unpaired) electrons. The lowest BCUT2D eigenvalue weighted by Crippen LogP contribution is -2.40. The molecule has 1 aliphatic rings. The zero-order valence-corrected chi connectivity index (χ0v) is 12.2. The second-order valence-corrected chi connectivity index (χ2v) is 5.90. The molecule has 1 heterocycles. The Balaban J connectivity index is 1.95. The Kier molecular flexibility index (Phi) is 4.04. The second kappa shape index (κ2) is 5.41. The molecule has 0 aliphatic heterocycles. The first-order chi connectivity index (χ1) is 8.95. The van der Waals surface area contributed by atoms with Gasteiger partial charge in [-0.3, -0.25) is 4.68 Å². The van der Waals surface area contributed by atoms with Gasteiger partial charge in [0.05, 0.1) is 17.0 Å². The third kappa shape index (κ3) is 3.03. The van der Waals surface area contributed by atoms with Gasteiger partial charge in [0, 0.05) is 13.6 Å². The topological polar surface area (TPSA) is 76.1 Å². The Morgan fingerprint density at radius 2 is 2.11 bits per heavy atom. The summed E-state index contributed by atoms with van der Waals surface area (Å²) >= 11 is 0. The van der Waals surface area contributed by atoms with Crippen LogP contribution in [0.1, 0.15) is 44.7 Å². The fourth-order valence-electron chi connectivity index (χ4n) is 2.93. The van der Waals surface area contributed by atoms with Crippen LogP contribution >= 0.6 is 0 Å². The quantitative estimate of drug-likeness (QED) is 0.779. The molecule has 5 nitrogen and oxygen atoms in total. The van der Waals surface area contributed by atoms with Crippen molar-refractivity contribution in [2.24, 2.45) is 13.0 Å². The molecular formula is C14H26N4O. The Morgan fingerprint density at radius 3 is 2.58 bits per heavy atom. The van der Waals surface area contributed by atoms with Crippen LogP contribution in [0, 0.1) is 12.8 Å². The summed E-state index contributed by atoms with van der Waals surface area (Å²) in [6.07, 6.45) is 5.20. The van der Waals surface area contributed by atoms with E-state index in [0.29, 0.717) is 12.2 Å². The van der Waals surface area contributed by atoms with E-state index in [1.54, 1.807) is 4.68 Å². The molecule has 1 aromatic heterocycles. The van der Waals surface area contributed by atoms with E-state index in [4.69, 9.17) is 5.73 Å². The van der Waals surface area contributed by atoms with Crippen LogP contribution in [-0.4, -0.2) is 27.0 Å². The highest BCUT2D eigenvalue weighted by atomic mass is 16.3. The van der Waals surface area contributed by atoms with Crippen LogP contribution < -0.4 is 11.1 Å². The molecule has 0 unspecified atom stereocenters. The van der Waals surface area contributed by atoms with Crippen molar-refractivity contribution < 1.29 is 5.11 Å². The van der Waals surface area contributed by atoms with Crippen LogP contribution in [0.3, 0.4) is 0 Å². The van der Waals surface area contributed by atoms with Gasteiger partial charge in [-0.15, -0.1) is 0 Å². The summed E-state index contributed by atoms with van der Waals surface area (Å²) in [5.41, 5.74) is 6.88. The van der Waals surface area contributed by atoms with Gasteiger partial charge in [-0.1, -0.05) is 13.3 Å². The summed E-state index contributed by atoms with van der Waals surface area (Å²) in [6.45, 7) is 4.67. The van der Waals surface area contributed by atoms with E-state index in [0.717, 1.165) is 43.1 Å². The number of anilines is 2. The maximum Gasteiger partial charge on any atom is 0.147 e. The van der Waals surface area contributed by atoms with Crippen molar-refractivity contribution in [2.45, 2.75) is 51.6 Å². The van der Waals surface area contributed by atoms with Gasteiger partial charge in [-0.2, -0.15) is 5.10 Å². The monoisotopic (exact) mass is 266 g/mol. The number of hydrogen-bond donors (Lipinski definition) is 3. The SMILES string of the molecule is CCC1CCC(O)(CNc2c(N)c(C)nn2C)CC1. The van der Waals surface area contributed by atoms with Crippen molar-refractivity contribution in [3.05, 3.63) is 5.69 Å². The summed E-state index contributed by atoms with van der Waals surface area (Å²) in [7, 11) is 1.86. The van der Waals surface area contributed by atoms with Crippen molar-refractivity contribution in [1.82, 2.24) is 9.78 Å². The van der Waals surface area contributed by atoms with Gasteiger partial charge < -0.3 is 16.2 Å². The Hall–Kier alpha value is -1.23. The first kappa shape index (κ1) is 14.2. The summed E-state index contributed by atoms with van der Waals surface area (Å²) in [5, 5.41) is 18.1. The fraction of sp³-hybridized carbons (Fsp3) is 0.786. The summed E-state index contributed by atoms with van der Waals surface area (Å²) in [4.78, 5) is 0. The molecule has 0 aromatic carbocycles. The lowest BCUT2D eigenvalue weighted by atomic mass is 9.78. The van der Waals surface area contributed by atoms with E-state index < -0.39 is 5.60 Å². The molecule has 1 fully saturated rings. The first-order valence-electron chi connectivity index (χ1n) is 7.20. The summed E-state index contributed by atoms with van der Waals surface area (Å²) < 4.78 is 1.74. The number of nitrogens with zero attached hydrogens (tertiary/aromatic N) is 2. The van der Waals surface area contributed by atoms with Crippen molar-refractivity contribution in [1.29, 1.82) is 0 Å². The Labute approximate surface area is 115 Å². The van der Waals surface area contributed by atoms with Gasteiger partial charge in [0.25, 0.3) is 0 Å². The highest BCUT2D eigenvalue weighted by molar-refractivity contribution is 5.64. The smallest absolute Gasteiger partial charge is 0.147 e. The minimum absolute atomic E-state index is 0.548. The van der Waals surface area contributed by atoms with Crippen LogP contribution in [0.15, 0.2) is 0 Å². The number of aryl methyl sites for hydroxylation is 2. The molecule has 0 bridgehead atoms. The summed E-state index contributed by atoms with van der Waals surface area (Å²) in [5.74, 6) is 1.59. The zero-order chi connectivity index (χ0) is 14.0. The Bertz CT molecular complexity index is 433. The number of nitrogen functional groups attached to an aromatic ring is 1. The highest BCUT2D eigenvalue weighted by Crippen LogP contribution is 2.34. The van der Waals surface area contributed by atoms with Crippen LogP contribution in [0.25, 0.3) is 0 Å². The minimum atomic E-state index is -0.601. The predicted octanol–water partition coefficient (Wildman–Crippen LogP) is 2.05. The molecule has 0 atom stereocenters. The van der Waals surface area contributed by atoms with Gasteiger partial charge in [-0.25, -0.2) is 0 Å². The minimum Gasteiger partial charge on any atom is -0.394 e. The maximum absolute atomic E-state index is 10.6. The van der Waals surface area contributed by atoms with E-state index in [1.165, 1.54) is 6.42 Å². The molecule has 1 aliphatic carbocycles. The maximum atomic E-state index is 10.6. The third-order valence-corrected chi connectivity index (χ3v) is 4.47. The average molecular weight is 266 g/mol. The number of nitrogens with one attached hydrogen (secondary N) is 1. The molecule has 0 spiro atoms. The lowest BCUT2D eigenvalue weighted by Gasteiger charge is -2.36. The molecule has 2 rings (SSSR count). The largest absolute Gasteiger partial charge is 0.394 e. The van der Waals surface area contributed by atoms with Gasteiger partial charge in [0.1, 0.15) is 5.82 Å². The van der Waals surface area contributed by atoms with Gasteiger partial charge in [-0.05, 0) is 38.5 Å². The number of nitrogens with two attached hydrogens (primary N) is 1. The Morgan fingerprint density at radius 1 is 1.47 bits per heavy atom. The first-order valence-corrected chi connectivity index (χ1v) is 7.20. The van der Waals surface area contributed by atoms with Crippen molar-refractivity contribution in [3.63, 3.8) is 0 Å². The standard InChI is InChI=1S/C14H26N4O/c1-4-11-5-7-14(19,8-6-11)9-16-13-12(15)10(2)17-18(13)3/h11,16,19H,4-9,15H2,1-3H3. The molecule has 0 amide bonds. The van der Waals surface area contributed by atoms with E-state index in [2.05, 4.69) is 17.3 Å². The normalized spacial score (nSPS) is 27.5. The molecule has 4 N–H and O–H groups in total. The van der Waals surface area contributed by atoms with E-state index >= 15 is 0 Å². The second-order valence-electron chi connectivity index (χ2n) is 5.90. The predicted molar refractivity (Wildman–Crippen MR) is 78.0 cm³/mol. The third-order valence-electron chi connectivity index (χ3n) is 4.47. The van der Waals surface area contributed by atoms with Gasteiger partial charge >= 0.3 is 0 Å². The molecule has 1 saturated carbocycles. The lowest BCUT2D eigenvalue weighted by molar-refractivity contribution is 0.00220. The van der Waals surface area contributed by atoms with Crippen LogP contribution in [0.5, 0.6) is 0 Å². The van der Waals surface area contributed by atoms with Crippen LogP contribution in [-0.2, 0) is 7.05 Å². The van der Waals surface area contributed by atoms with E-state index in [9.17, 15) is 5.11 Å². The van der Waals surface area contributed by atoms with Crippen molar-refractivity contribution in [2.75, 3.05) is 17.6 Å². The zero-order valence-electron chi connectivity index (χ0n) is 12.2. The van der Waals surface area contributed by atoms with Crippen molar-refractivity contribution >= 4 is 11.5 Å². The number of hydrogen-bond acceptors (Lipinski definition) is 4. The van der Waals surface area contributed by atoms with Gasteiger partial charge in [0.15, 0.2) is 0 Å². The molecule has 1 aromatic rings. The summed E-state index contributed by atoms with van der Waals surface area (Å²) in [6, 6.07) is 0. The number of aromatic nitrogens is 2. The molecule has 5 heteroatoms. The number of rotatable bonds is 4. The molecule has 108 valence electrons. The molecule has 19 heavy (non-hydrogen) atoms. The van der Waals surface area contributed by atoms with Gasteiger partial charge in [0.2, 0.25) is 0 Å². The number of aliphatic hydroxyl groups is 1. The highest BCUT2D eigenvalue weighted by Gasteiger charge is 2.32. The fourth-order valence-corrected chi connectivity index (χ4v) is 2.93.